The third kappa shape index (κ3) is 2.04. The molecule has 0 radical (unpaired) electrons. The third-order valence-corrected chi connectivity index (χ3v) is 4.51. The molecule has 3 rings (SSSR count). The smallest absolute Gasteiger partial charge is 0.207 e. The molecular formula is C13H10BrNO2S. The molecule has 0 spiro atoms. The van der Waals surface area contributed by atoms with E-state index in [4.69, 9.17) is 4.74 Å². The van der Waals surface area contributed by atoms with Gasteiger partial charge in [0, 0.05) is 20.8 Å². The zero-order valence-corrected chi connectivity index (χ0v) is 11.8. The van der Waals surface area contributed by atoms with Gasteiger partial charge in [0.25, 0.3) is 0 Å². The molecule has 92 valence electrons. The quantitative estimate of drug-likeness (QED) is 0.859. The number of halogens is 1. The van der Waals surface area contributed by atoms with Crippen molar-refractivity contribution in [1.29, 1.82) is 0 Å². The minimum absolute atomic E-state index is 0.00475. The Kier molecular flexibility index (Phi) is 3.09. The summed E-state index contributed by atoms with van der Waals surface area (Å²) in [6.45, 7) is 0.498. The van der Waals surface area contributed by atoms with Crippen LogP contribution in [0.25, 0.3) is 0 Å². The lowest BCUT2D eigenvalue weighted by Gasteiger charge is -2.26. The van der Waals surface area contributed by atoms with Gasteiger partial charge in [0.05, 0.1) is 12.2 Å². The van der Waals surface area contributed by atoms with Crippen LogP contribution in [0.4, 0.5) is 5.69 Å². The molecule has 0 saturated carbocycles. The number of fused-ring (bicyclic) bond motifs is 1. The first-order chi connectivity index (χ1) is 8.75. The lowest BCUT2D eigenvalue weighted by Crippen LogP contribution is -2.37. The molecule has 0 amide bonds. The number of hydrogen-bond acceptors (Lipinski definition) is 4. The number of ether oxygens (including phenoxy) is 1. The highest BCUT2D eigenvalue weighted by Gasteiger charge is 2.28. The Labute approximate surface area is 117 Å². The number of carbonyl (C=O) groups is 1. The number of thiophene rings is 1. The number of Topliss-reactive ketones (excluding diaryl/α,β-unsaturated/α-hetero) is 1. The zero-order valence-electron chi connectivity index (χ0n) is 9.35. The highest BCUT2D eigenvalue weighted by Crippen LogP contribution is 2.30. The maximum Gasteiger partial charge on any atom is 0.207 e. The SMILES string of the molecule is O=C(c1cscc1Br)C1CNc2ccccc2O1. The maximum absolute atomic E-state index is 12.3. The summed E-state index contributed by atoms with van der Waals surface area (Å²) >= 11 is 4.88. The van der Waals surface area contributed by atoms with Gasteiger partial charge in [0.15, 0.2) is 6.10 Å². The second-order valence-corrected chi connectivity index (χ2v) is 5.58. The van der Waals surface area contributed by atoms with E-state index in [0.717, 1.165) is 15.9 Å². The van der Waals surface area contributed by atoms with Gasteiger partial charge in [-0.1, -0.05) is 12.1 Å². The maximum atomic E-state index is 12.3. The van der Waals surface area contributed by atoms with Crippen LogP contribution in [0, 0.1) is 0 Å². The summed E-state index contributed by atoms with van der Waals surface area (Å²) in [7, 11) is 0. The Balaban J connectivity index is 1.84. The molecule has 18 heavy (non-hydrogen) atoms. The Bertz CT molecular complexity index is 596. The van der Waals surface area contributed by atoms with E-state index in [1.165, 1.54) is 11.3 Å². The van der Waals surface area contributed by atoms with Crippen molar-refractivity contribution in [1.82, 2.24) is 0 Å². The van der Waals surface area contributed by atoms with E-state index in [1.807, 2.05) is 35.0 Å². The molecule has 2 aromatic rings. The molecule has 1 unspecified atom stereocenters. The zero-order chi connectivity index (χ0) is 12.5. The third-order valence-electron chi connectivity index (χ3n) is 2.81. The van der Waals surface area contributed by atoms with E-state index in [2.05, 4.69) is 21.2 Å². The first-order valence-electron chi connectivity index (χ1n) is 5.51. The first kappa shape index (κ1) is 11.7. The highest BCUT2D eigenvalue weighted by atomic mass is 79.9. The Hall–Kier alpha value is -1.33. The van der Waals surface area contributed by atoms with E-state index in [-0.39, 0.29) is 5.78 Å². The van der Waals surface area contributed by atoms with Crippen LogP contribution in [0.1, 0.15) is 10.4 Å². The monoisotopic (exact) mass is 323 g/mol. The van der Waals surface area contributed by atoms with Crippen LogP contribution < -0.4 is 10.1 Å². The molecule has 1 aliphatic rings. The van der Waals surface area contributed by atoms with Gasteiger partial charge in [-0.3, -0.25) is 4.79 Å². The molecular weight excluding hydrogens is 314 g/mol. The van der Waals surface area contributed by atoms with Crippen molar-refractivity contribution in [2.75, 3.05) is 11.9 Å². The second-order valence-electron chi connectivity index (χ2n) is 3.98. The number of anilines is 1. The minimum Gasteiger partial charge on any atom is -0.478 e. The molecule has 3 nitrogen and oxygen atoms in total. The van der Waals surface area contributed by atoms with Crippen LogP contribution in [-0.2, 0) is 0 Å². The molecule has 1 aliphatic heterocycles. The first-order valence-corrected chi connectivity index (χ1v) is 7.25. The van der Waals surface area contributed by atoms with E-state index in [0.29, 0.717) is 12.1 Å². The van der Waals surface area contributed by atoms with Crippen molar-refractivity contribution in [2.45, 2.75) is 6.10 Å². The minimum atomic E-state index is -0.467. The van der Waals surface area contributed by atoms with Crippen LogP contribution >= 0.6 is 27.3 Å². The summed E-state index contributed by atoms with van der Waals surface area (Å²) in [4.78, 5) is 12.3. The molecule has 0 bridgehead atoms. The Morgan fingerprint density at radius 3 is 3.00 bits per heavy atom. The van der Waals surface area contributed by atoms with Crippen LogP contribution in [0.3, 0.4) is 0 Å². The predicted molar refractivity (Wildman–Crippen MR) is 75.7 cm³/mol. The van der Waals surface area contributed by atoms with Crippen LogP contribution in [0.2, 0.25) is 0 Å². The number of ketones is 1. The van der Waals surface area contributed by atoms with E-state index >= 15 is 0 Å². The predicted octanol–water partition coefficient (Wildman–Crippen LogP) is 3.57. The largest absolute Gasteiger partial charge is 0.478 e. The number of carbonyl (C=O) groups excluding carboxylic acids is 1. The van der Waals surface area contributed by atoms with E-state index in [9.17, 15) is 4.79 Å². The van der Waals surface area contributed by atoms with Gasteiger partial charge in [-0.2, -0.15) is 11.3 Å². The summed E-state index contributed by atoms with van der Waals surface area (Å²) in [5.74, 6) is 0.735. The van der Waals surface area contributed by atoms with Gasteiger partial charge < -0.3 is 10.1 Å². The summed E-state index contributed by atoms with van der Waals surface area (Å²) in [5, 5.41) is 6.96. The second kappa shape index (κ2) is 4.74. The average Bonchev–Trinajstić information content (AvgIpc) is 2.83. The fourth-order valence-corrected chi connectivity index (χ4v) is 3.37. The number of para-hydroxylation sites is 2. The fourth-order valence-electron chi connectivity index (χ4n) is 1.89. The van der Waals surface area contributed by atoms with Crippen LogP contribution in [-0.4, -0.2) is 18.4 Å². The van der Waals surface area contributed by atoms with Crippen molar-refractivity contribution in [3.63, 3.8) is 0 Å². The molecule has 2 heterocycles. The standard InChI is InChI=1S/C13H10BrNO2S/c14-9-7-18-6-8(9)13(16)12-5-15-10-3-1-2-4-11(10)17-12/h1-4,6-7,12,15H,5H2. The van der Waals surface area contributed by atoms with Crippen molar-refractivity contribution >= 4 is 38.7 Å². The molecule has 5 heteroatoms. The number of nitrogens with one attached hydrogen (secondary N) is 1. The van der Waals surface area contributed by atoms with Gasteiger partial charge in [0.1, 0.15) is 5.75 Å². The Morgan fingerprint density at radius 2 is 2.22 bits per heavy atom. The highest BCUT2D eigenvalue weighted by molar-refractivity contribution is 9.10. The average molecular weight is 324 g/mol. The van der Waals surface area contributed by atoms with E-state index in [1.54, 1.807) is 0 Å². The molecule has 1 aromatic heterocycles. The molecule has 1 aromatic carbocycles. The van der Waals surface area contributed by atoms with Gasteiger partial charge in [0.2, 0.25) is 5.78 Å². The lowest BCUT2D eigenvalue weighted by molar-refractivity contribution is 0.0801. The lowest BCUT2D eigenvalue weighted by atomic mass is 10.1. The van der Waals surface area contributed by atoms with Gasteiger partial charge in [-0.05, 0) is 28.1 Å². The summed E-state index contributed by atoms with van der Waals surface area (Å²) in [6, 6.07) is 7.64. The number of rotatable bonds is 2. The Morgan fingerprint density at radius 1 is 1.39 bits per heavy atom. The normalized spacial score (nSPS) is 17.5. The van der Waals surface area contributed by atoms with Crippen molar-refractivity contribution in [3.05, 3.63) is 45.1 Å². The van der Waals surface area contributed by atoms with Gasteiger partial charge >= 0.3 is 0 Å². The molecule has 0 fully saturated rings. The fraction of sp³-hybridized carbons (Fsp3) is 0.154. The number of hydrogen-bond donors (Lipinski definition) is 1. The molecule has 0 saturated heterocycles. The molecule has 0 aliphatic carbocycles. The molecule has 1 N–H and O–H groups in total. The van der Waals surface area contributed by atoms with Crippen molar-refractivity contribution in [2.24, 2.45) is 0 Å². The topological polar surface area (TPSA) is 38.3 Å². The van der Waals surface area contributed by atoms with E-state index < -0.39 is 6.10 Å². The summed E-state index contributed by atoms with van der Waals surface area (Å²) in [6.07, 6.45) is -0.467. The number of benzene rings is 1. The summed E-state index contributed by atoms with van der Waals surface area (Å²) < 4.78 is 6.58. The van der Waals surface area contributed by atoms with Crippen molar-refractivity contribution < 1.29 is 9.53 Å². The van der Waals surface area contributed by atoms with Gasteiger partial charge in [-0.25, -0.2) is 0 Å². The van der Waals surface area contributed by atoms with Gasteiger partial charge in [-0.15, -0.1) is 0 Å². The molecule has 1 atom stereocenters. The summed E-state index contributed by atoms with van der Waals surface area (Å²) in [5.41, 5.74) is 1.62. The van der Waals surface area contributed by atoms with Crippen LogP contribution in [0.5, 0.6) is 5.75 Å². The van der Waals surface area contributed by atoms with Crippen LogP contribution in [0.15, 0.2) is 39.5 Å². The van der Waals surface area contributed by atoms with Crippen molar-refractivity contribution in [3.8, 4) is 5.75 Å².